The molecule has 1 aliphatic rings. The lowest BCUT2D eigenvalue weighted by Gasteiger charge is -2.32. The van der Waals surface area contributed by atoms with Crippen molar-refractivity contribution in [2.45, 2.75) is 44.6 Å². The molecule has 0 bridgehead atoms. The zero-order valence-corrected chi connectivity index (χ0v) is 15.5. The molecule has 0 aromatic heterocycles. The number of piperidine rings is 1. The van der Waals surface area contributed by atoms with Gasteiger partial charge in [-0.2, -0.15) is 4.72 Å². The Balaban J connectivity index is 2.14. The third-order valence-electron chi connectivity index (χ3n) is 4.41. The van der Waals surface area contributed by atoms with Gasteiger partial charge in [0.2, 0.25) is 15.9 Å². The van der Waals surface area contributed by atoms with Crippen LogP contribution in [0, 0.1) is 12.8 Å². The number of methoxy groups -OCH3 is 1. The third kappa shape index (κ3) is 4.27. The average Bonchev–Trinajstić information content (AvgIpc) is 2.54. The number of rotatable bonds is 5. The quantitative estimate of drug-likeness (QED) is 0.877. The minimum Gasteiger partial charge on any atom is -0.495 e. The lowest BCUT2D eigenvalue weighted by atomic mass is 9.99. The Kier molecular flexibility index (Phi) is 5.87. The molecule has 6 nitrogen and oxygen atoms in total. The molecule has 2 rings (SSSR count). The minimum atomic E-state index is -3.84. The van der Waals surface area contributed by atoms with Gasteiger partial charge in [-0.25, -0.2) is 8.42 Å². The first kappa shape index (κ1) is 18.7. The Labute approximate surface area is 144 Å². The Morgan fingerprint density at radius 1 is 1.33 bits per heavy atom. The zero-order valence-electron chi connectivity index (χ0n) is 14.7. The van der Waals surface area contributed by atoms with Crippen LogP contribution in [0.15, 0.2) is 23.1 Å². The van der Waals surface area contributed by atoms with Crippen molar-refractivity contribution in [1.82, 2.24) is 9.62 Å². The van der Waals surface area contributed by atoms with E-state index in [4.69, 9.17) is 4.74 Å². The maximum Gasteiger partial charge on any atom is 0.244 e. The zero-order chi connectivity index (χ0) is 17.9. The summed E-state index contributed by atoms with van der Waals surface area (Å²) in [6, 6.07) is 4.12. The summed E-state index contributed by atoms with van der Waals surface area (Å²) in [7, 11) is -2.42. The van der Waals surface area contributed by atoms with Gasteiger partial charge in [0.15, 0.2) is 0 Å². The second kappa shape index (κ2) is 7.53. The number of amides is 1. The Bertz CT molecular complexity index is 695. The molecule has 1 atom stereocenters. The molecular weight excluding hydrogens is 328 g/mol. The molecule has 1 aromatic carbocycles. The van der Waals surface area contributed by atoms with E-state index in [1.807, 2.05) is 6.92 Å². The largest absolute Gasteiger partial charge is 0.495 e. The second-order valence-corrected chi connectivity index (χ2v) is 8.19. The maximum absolute atomic E-state index is 12.7. The Morgan fingerprint density at radius 2 is 1.96 bits per heavy atom. The van der Waals surface area contributed by atoms with Crippen LogP contribution in [0.25, 0.3) is 0 Å². The smallest absolute Gasteiger partial charge is 0.244 e. The summed E-state index contributed by atoms with van der Waals surface area (Å²) in [5.41, 5.74) is 0.806. The summed E-state index contributed by atoms with van der Waals surface area (Å²) in [5, 5.41) is 0. The monoisotopic (exact) mass is 354 g/mol. The molecule has 1 saturated heterocycles. The maximum atomic E-state index is 12.7. The van der Waals surface area contributed by atoms with Crippen molar-refractivity contribution in [1.29, 1.82) is 0 Å². The minimum absolute atomic E-state index is 0.0527. The van der Waals surface area contributed by atoms with E-state index in [0.29, 0.717) is 19.0 Å². The molecule has 24 heavy (non-hydrogen) atoms. The van der Waals surface area contributed by atoms with Gasteiger partial charge in [0, 0.05) is 13.1 Å². The van der Waals surface area contributed by atoms with Crippen molar-refractivity contribution in [2.75, 3.05) is 20.2 Å². The molecule has 0 spiro atoms. The molecule has 1 heterocycles. The van der Waals surface area contributed by atoms with Crippen molar-refractivity contribution in [3.63, 3.8) is 0 Å². The molecule has 1 amide bonds. The van der Waals surface area contributed by atoms with Crippen molar-refractivity contribution in [3.8, 4) is 5.75 Å². The Hall–Kier alpha value is -1.60. The van der Waals surface area contributed by atoms with Gasteiger partial charge in [0.1, 0.15) is 10.6 Å². The van der Waals surface area contributed by atoms with Crippen molar-refractivity contribution < 1.29 is 17.9 Å². The lowest BCUT2D eigenvalue weighted by Crippen LogP contribution is -2.49. The second-order valence-electron chi connectivity index (χ2n) is 6.51. The van der Waals surface area contributed by atoms with Crippen LogP contribution in [-0.4, -0.2) is 45.5 Å². The summed E-state index contributed by atoms with van der Waals surface area (Å²) in [6.45, 7) is 6.92. The number of nitrogens with one attached hydrogen (secondary N) is 1. The summed E-state index contributed by atoms with van der Waals surface area (Å²) < 4.78 is 32.9. The third-order valence-corrected chi connectivity index (χ3v) is 5.97. The molecule has 134 valence electrons. The van der Waals surface area contributed by atoms with E-state index in [0.717, 1.165) is 18.4 Å². The molecule has 0 radical (unpaired) electrons. The highest BCUT2D eigenvalue weighted by Gasteiger charge is 2.29. The van der Waals surface area contributed by atoms with E-state index >= 15 is 0 Å². The molecule has 1 aliphatic heterocycles. The van der Waals surface area contributed by atoms with Crippen LogP contribution in [0.1, 0.15) is 32.3 Å². The van der Waals surface area contributed by atoms with E-state index in [2.05, 4.69) is 11.6 Å². The molecule has 1 aromatic rings. The number of benzene rings is 1. The van der Waals surface area contributed by atoms with E-state index in [1.165, 1.54) is 7.11 Å². The number of carbonyl (C=O) groups is 1. The summed E-state index contributed by atoms with van der Waals surface area (Å²) in [5.74, 6) is 0.689. The molecule has 0 saturated carbocycles. The highest BCUT2D eigenvalue weighted by molar-refractivity contribution is 7.89. The number of hydrogen-bond acceptors (Lipinski definition) is 4. The van der Waals surface area contributed by atoms with Gasteiger partial charge >= 0.3 is 0 Å². The Morgan fingerprint density at radius 3 is 2.54 bits per heavy atom. The van der Waals surface area contributed by atoms with E-state index in [-0.39, 0.29) is 16.6 Å². The van der Waals surface area contributed by atoms with Crippen LogP contribution in [0.5, 0.6) is 5.75 Å². The summed E-state index contributed by atoms with van der Waals surface area (Å²) in [6.07, 6.45) is 1.91. The van der Waals surface area contributed by atoms with Gasteiger partial charge in [-0.05, 0) is 50.3 Å². The van der Waals surface area contributed by atoms with Gasteiger partial charge < -0.3 is 9.64 Å². The van der Waals surface area contributed by atoms with Gasteiger partial charge in [-0.3, -0.25) is 4.79 Å². The first-order chi connectivity index (χ1) is 11.2. The molecule has 0 unspecified atom stereocenters. The first-order valence-electron chi connectivity index (χ1n) is 8.20. The fourth-order valence-corrected chi connectivity index (χ4v) is 4.29. The number of carbonyl (C=O) groups excluding carboxylic acids is 1. The average molecular weight is 354 g/mol. The van der Waals surface area contributed by atoms with Gasteiger partial charge in [-0.1, -0.05) is 13.0 Å². The fraction of sp³-hybridized carbons (Fsp3) is 0.588. The van der Waals surface area contributed by atoms with E-state index < -0.39 is 16.1 Å². The van der Waals surface area contributed by atoms with Crippen LogP contribution in [-0.2, 0) is 14.8 Å². The molecule has 7 heteroatoms. The van der Waals surface area contributed by atoms with Gasteiger partial charge in [0.05, 0.1) is 13.2 Å². The van der Waals surface area contributed by atoms with Crippen molar-refractivity contribution in [2.24, 2.45) is 5.92 Å². The standard InChI is InChI=1S/C17H26N2O4S/c1-12-7-9-19(10-8-12)17(20)14(3)18-24(21,22)16-11-13(2)5-6-15(16)23-4/h5-6,11-12,14,18H,7-10H2,1-4H3/t14-/m0/s1. The SMILES string of the molecule is COc1ccc(C)cc1S(=O)(=O)N[C@@H](C)C(=O)N1CCC(C)CC1. The van der Waals surface area contributed by atoms with Crippen LogP contribution < -0.4 is 9.46 Å². The van der Waals surface area contributed by atoms with Crippen LogP contribution in [0.4, 0.5) is 0 Å². The van der Waals surface area contributed by atoms with Crippen molar-refractivity contribution >= 4 is 15.9 Å². The summed E-state index contributed by atoms with van der Waals surface area (Å²) in [4.78, 5) is 14.3. The van der Waals surface area contributed by atoms with E-state index in [9.17, 15) is 13.2 Å². The number of hydrogen-bond donors (Lipinski definition) is 1. The number of ether oxygens (including phenoxy) is 1. The number of likely N-dealkylation sites (tertiary alicyclic amines) is 1. The fourth-order valence-electron chi connectivity index (χ4n) is 2.84. The van der Waals surface area contributed by atoms with E-state index in [1.54, 1.807) is 30.0 Å². The lowest BCUT2D eigenvalue weighted by molar-refractivity contribution is -0.133. The predicted octanol–water partition coefficient (Wildman–Crippen LogP) is 1.93. The van der Waals surface area contributed by atoms with Crippen molar-refractivity contribution in [3.05, 3.63) is 23.8 Å². The molecule has 1 fully saturated rings. The topological polar surface area (TPSA) is 75.7 Å². The predicted molar refractivity (Wildman–Crippen MR) is 92.5 cm³/mol. The number of sulfonamides is 1. The summed E-state index contributed by atoms with van der Waals surface area (Å²) >= 11 is 0. The highest BCUT2D eigenvalue weighted by atomic mass is 32.2. The van der Waals surface area contributed by atoms with Crippen LogP contribution >= 0.6 is 0 Å². The highest BCUT2D eigenvalue weighted by Crippen LogP contribution is 2.25. The molecule has 1 N–H and O–H groups in total. The van der Waals surface area contributed by atoms with Gasteiger partial charge in [-0.15, -0.1) is 0 Å². The number of nitrogens with zero attached hydrogens (tertiary/aromatic N) is 1. The van der Waals surface area contributed by atoms with Crippen LogP contribution in [0.2, 0.25) is 0 Å². The van der Waals surface area contributed by atoms with Crippen LogP contribution in [0.3, 0.4) is 0 Å². The van der Waals surface area contributed by atoms with Gasteiger partial charge in [0.25, 0.3) is 0 Å². The molecular formula is C17H26N2O4S. The first-order valence-corrected chi connectivity index (χ1v) is 9.68. The molecule has 0 aliphatic carbocycles. The number of aryl methyl sites for hydroxylation is 1. The normalized spacial score (nSPS) is 17.6.